The van der Waals surface area contributed by atoms with Crippen molar-refractivity contribution >= 4 is 27.5 Å². The summed E-state index contributed by atoms with van der Waals surface area (Å²) in [5, 5.41) is 2.99. The highest BCUT2D eigenvalue weighted by molar-refractivity contribution is 7.85. The fourth-order valence-electron chi connectivity index (χ4n) is 3.21. The van der Waals surface area contributed by atoms with Crippen molar-refractivity contribution in [3.05, 3.63) is 41.0 Å². The molecule has 32 heavy (non-hydrogen) atoms. The van der Waals surface area contributed by atoms with Crippen LogP contribution in [0.2, 0.25) is 0 Å². The number of aromatic nitrogens is 1. The van der Waals surface area contributed by atoms with Crippen LogP contribution in [0.25, 0.3) is 10.4 Å². The molecule has 0 spiro atoms. The Bertz CT molecular complexity index is 979. The number of nitrogens with one attached hydrogen (secondary N) is 1. The predicted octanol–water partition coefficient (Wildman–Crippen LogP) is 5.47. The molecular formula is C23H34N2O5S2. The quantitative estimate of drug-likeness (QED) is 0.452. The van der Waals surface area contributed by atoms with Crippen LogP contribution in [-0.4, -0.2) is 38.0 Å². The minimum absolute atomic E-state index is 0.160. The van der Waals surface area contributed by atoms with Gasteiger partial charge in [-0.05, 0) is 64.0 Å². The van der Waals surface area contributed by atoms with Crippen LogP contribution >= 0.6 is 11.3 Å². The number of rotatable bonds is 10. The van der Waals surface area contributed by atoms with Crippen LogP contribution in [-0.2, 0) is 19.0 Å². The maximum atomic E-state index is 12.4. The third-order valence-electron chi connectivity index (χ3n) is 4.87. The zero-order chi connectivity index (χ0) is 23.9. The Kier molecular flexibility index (Phi) is 9.24. The zero-order valence-electron chi connectivity index (χ0n) is 19.7. The normalized spacial score (nSPS) is 14.1. The summed E-state index contributed by atoms with van der Waals surface area (Å²) >= 11 is 1.60. The Balaban J connectivity index is 2.08. The molecule has 1 aromatic carbocycles. The van der Waals surface area contributed by atoms with Gasteiger partial charge in [-0.1, -0.05) is 31.2 Å². The summed E-state index contributed by atoms with van der Waals surface area (Å²) in [6.45, 7) is 9.69. The van der Waals surface area contributed by atoms with Gasteiger partial charge >= 0.3 is 6.09 Å². The Morgan fingerprint density at radius 3 is 2.34 bits per heavy atom. The van der Waals surface area contributed by atoms with E-state index in [0.717, 1.165) is 34.4 Å². The maximum absolute atomic E-state index is 12.4. The zero-order valence-corrected chi connectivity index (χ0v) is 21.3. The summed E-state index contributed by atoms with van der Waals surface area (Å²) in [4.78, 5) is 17.9. The molecule has 2 rings (SSSR count). The Morgan fingerprint density at radius 2 is 1.81 bits per heavy atom. The van der Waals surface area contributed by atoms with Gasteiger partial charge in [-0.2, -0.15) is 8.42 Å². The lowest BCUT2D eigenvalue weighted by Gasteiger charge is -2.25. The van der Waals surface area contributed by atoms with Crippen LogP contribution in [0, 0.1) is 12.8 Å². The number of carbonyl (C=O) groups is 1. The molecule has 0 aliphatic rings. The first-order valence-corrected chi connectivity index (χ1v) is 13.4. The van der Waals surface area contributed by atoms with Crippen molar-refractivity contribution in [2.45, 2.75) is 65.5 Å². The molecule has 7 nitrogen and oxygen atoms in total. The summed E-state index contributed by atoms with van der Waals surface area (Å²) in [7, 11) is -3.43. The van der Waals surface area contributed by atoms with Crippen LogP contribution in [0.4, 0.5) is 4.79 Å². The molecule has 2 atom stereocenters. The van der Waals surface area contributed by atoms with E-state index in [1.807, 2.05) is 64.4 Å². The molecule has 1 heterocycles. The van der Waals surface area contributed by atoms with Gasteiger partial charge in [0, 0.05) is 0 Å². The molecule has 1 unspecified atom stereocenters. The van der Waals surface area contributed by atoms with E-state index in [-0.39, 0.29) is 18.6 Å². The predicted molar refractivity (Wildman–Crippen MR) is 128 cm³/mol. The SMILES string of the molecule is Cc1ncsc1-c1ccc(C(CC[C@@H](C)CCOS(C)(=O)=O)NC(=O)OC(C)(C)C)cc1. The van der Waals surface area contributed by atoms with E-state index in [4.69, 9.17) is 8.92 Å². The highest BCUT2D eigenvalue weighted by Crippen LogP contribution is 2.30. The minimum atomic E-state index is -3.43. The van der Waals surface area contributed by atoms with Gasteiger partial charge in [0.15, 0.2) is 0 Å². The molecule has 0 fully saturated rings. The van der Waals surface area contributed by atoms with Crippen molar-refractivity contribution in [1.29, 1.82) is 0 Å². The van der Waals surface area contributed by atoms with Crippen molar-refractivity contribution in [2.75, 3.05) is 12.9 Å². The monoisotopic (exact) mass is 482 g/mol. The lowest BCUT2D eigenvalue weighted by Crippen LogP contribution is -2.35. The number of hydrogen-bond donors (Lipinski definition) is 1. The van der Waals surface area contributed by atoms with Gasteiger partial charge in [0.05, 0.1) is 35.0 Å². The van der Waals surface area contributed by atoms with Crippen molar-refractivity contribution < 1.29 is 22.1 Å². The Labute approximate surface area is 195 Å². The summed E-state index contributed by atoms with van der Waals surface area (Å²) < 4.78 is 32.6. The lowest BCUT2D eigenvalue weighted by molar-refractivity contribution is 0.0499. The molecule has 0 aliphatic carbocycles. The van der Waals surface area contributed by atoms with Crippen molar-refractivity contribution in [3.63, 3.8) is 0 Å². The van der Waals surface area contributed by atoms with Crippen LogP contribution in [0.1, 0.15) is 64.3 Å². The molecule has 1 aromatic heterocycles. The van der Waals surface area contributed by atoms with Crippen LogP contribution in [0.5, 0.6) is 0 Å². The topological polar surface area (TPSA) is 94.6 Å². The molecule has 178 valence electrons. The summed E-state index contributed by atoms with van der Waals surface area (Å²) in [5.41, 5.74) is 4.33. The second kappa shape index (κ2) is 11.2. The third-order valence-corrected chi connectivity index (χ3v) is 6.44. The Hall–Kier alpha value is -1.97. The minimum Gasteiger partial charge on any atom is -0.444 e. The van der Waals surface area contributed by atoms with Gasteiger partial charge in [0.1, 0.15) is 5.60 Å². The average Bonchev–Trinajstić information content (AvgIpc) is 3.08. The van der Waals surface area contributed by atoms with Crippen molar-refractivity contribution in [1.82, 2.24) is 10.3 Å². The van der Waals surface area contributed by atoms with Gasteiger partial charge in [0.25, 0.3) is 10.1 Å². The first-order valence-electron chi connectivity index (χ1n) is 10.7. The van der Waals surface area contributed by atoms with Crippen LogP contribution < -0.4 is 5.32 Å². The number of benzene rings is 1. The highest BCUT2D eigenvalue weighted by atomic mass is 32.2. The number of hydrogen-bond acceptors (Lipinski definition) is 7. The van der Waals surface area contributed by atoms with Crippen LogP contribution in [0.3, 0.4) is 0 Å². The molecule has 9 heteroatoms. The van der Waals surface area contributed by atoms with Gasteiger partial charge < -0.3 is 10.1 Å². The average molecular weight is 483 g/mol. The van der Waals surface area contributed by atoms with E-state index < -0.39 is 21.8 Å². The smallest absolute Gasteiger partial charge is 0.408 e. The van der Waals surface area contributed by atoms with E-state index in [1.165, 1.54) is 0 Å². The second-order valence-electron chi connectivity index (χ2n) is 9.09. The first kappa shape index (κ1) is 26.3. The molecule has 0 aliphatic heterocycles. The van der Waals surface area contributed by atoms with Gasteiger partial charge in [-0.15, -0.1) is 11.3 Å². The molecule has 1 N–H and O–H groups in total. The number of carbonyl (C=O) groups excluding carboxylic acids is 1. The summed E-state index contributed by atoms with van der Waals surface area (Å²) in [6, 6.07) is 7.91. The second-order valence-corrected chi connectivity index (χ2v) is 11.6. The number of aryl methyl sites for hydroxylation is 1. The van der Waals surface area contributed by atoms with E-state index in [2.05, 4.69) is 10.3 Å². The largest absolute Gasteiger partial charge is 0.444 e. The standard InChI is InChI=1S/C23H34N2O5S2/c1-16(13-14-29-32(6,27)28)7-12-20(25-22(26)30-23(3,4)5)18-8-10-19(11-9-18)21-17(2)24-15-31-21/h8-11,15-16,20H,7,12-14H2,1-6H3,(H,25,26)/t16-,20?/m1/s1. The van der Waals surface area contributed by atoms with E-state index in [9.17, 15) is 13.2 Å². The maximum Gasteiger partial charge on any atom is 0.408 e. The molecule has 0 saturated heterocycles. The van der Waals surface area contributed by atoms with Gasteiger partial charge in [0.2, 0.25) is 0 Å². The molecule has 0 saturated carbocycles. The van der Waals surface area contributed by atoms with Crippen molar-refractivity contribution in [3.8, 4) is 10.4 Å². The molecule has 0 radical (unpaired) electrons. The van der Waals surface area contributed by atoms with Crippen LogP contribution in [0.15, 0.2) is 29.8 Å². The molecule has 0 bridgehead atoms. The van der Waals surface area contributed by atoms with Crippen molar-refractivity contribution in [2.24, 2.45) is 5.92 Å². The van der Waals surface area contributed by atoms with E-state index >= 15 is 0 Å². The number of amides is 1. The van der Waals surface area contributed by atoms with Gasteiger partial charge in [-0.25, -0.2) is 9.78 Å². The molecule has 2 aromatic rings. The lowest BCUT2D eigenvalue weighted by atomic mass is 9.94. The van der Waals surface area contributed by atoms with E-state index in [0.29, 0.717) is 12.8 Å². The number of alkyl carbamates (subject to hydrolysis) is 1. The summed E-state index contributed by atoms with van der Waals surface area (Å²) in [6.07, 6.45) is 2.70. The van der Waals surface area contributed by atoms with E-state index in [1.54, 1.807) is 11.3 Å². The number of nitrogens with zero attached hydrogens (tertiary/aromatic N) is 1. The number of ether oxygens (including phenoxy) is 1. The van der Waals surface area contributed by atoms with Gasteiger partial charge in [-0.3, -0.25) is 4.18 Å². The summed E-state index contributed by atoms with van der Waals surface area (Å²) in [5.74, 6) is 0.235. The fraction of sp³-hybridized carbons (Fsp3) is 0.565. The first-order chi connectivity index (χ1) is 14.8. The highest BCUT2D eigenvalue weighted by Gasteiger charge is 2.21. The third kappa shape index (κ3) is 9.26. The Morgan fingerprint density at radius 1 is 1.16 bits per heavy atom. The molecular weight excluding hydrogens is 448 g/mol. The molecule has 1 amide bonds. The number of thiazole rings is 1. The fourth-order valence-corrected chi connectivity index (χ4v) is 4.42.